The van der Waals surface area contributed by atoms with E-state index in [9.17, 15) is 4.79 Å². The monoisotopic (exact) mass is 281 g/mol. The predicted molar refractivity (Wildman–Crippen MR) is 80.0 cm³/mol. The first-order valence-corrected chi connectivity index (χ1v) is 6.72. The summed E-state index contributed by atoms with van der Waals surface area (Å²) in [6.07, 6.45) is 1.78. The summed E-state index contributed by atoms with van der Waals surface area (Å²) in [6.45, 7) is 3.91. The van der Waals surface area contributed by atoms with E-state index < -0.39 is 6.09 Å². The summed E-state index contributed by atoms with van der Waals surface area (Å²) in [5.41, 5.74) is 1.96. The lowest BCUT2D eigenvalue weighted by atomic mass is 10.00. The average Bonchev–Trinajstić information content (AvgIpc) is 2.51. The summed E-state index contributed by atoms with van der Waals surface area (Å²) in [6, 6.07) is 13.3. The van der Waals surface area contributed by atoms with Crippen LogP contribution in [0.4, 0.5) is 4.79 Å². The van der Waals surface area contributed by atoms with Crippen molar-refractivity contribution in [2.24, 2.45) is 0 Å². The van der Waals surface area contributed by atoms with Crippen LogP contribution in [0.2, 0.25) is 0 Å². The van der Waals surface area contributed by atoms with Gasteiger partial charge in [0, 0.05) is 18.5 Å². The first kappa shape index (κ1) is 13.2. The minimum absolute atomic E-state index is 0.368. The molecular weight excluding hydrogens is 266 g/mol. The third-order valence-electron chi connectivity index (χ3n) is 3.24. The summed E-state index contributed by atoms with van der Waals surface area (Å²) in [7, 11) is 0. The number of carbonyl (C=O) groups is 1. The van der Waals surface area contributed by atoms with Gasteiger partial charge in [0.25, 0.3) is 0 Å². The number of rotatable bonds is 3. The summed E-state index contributed by atoms with van der Waals surface area (Å²) in [5.74, 6) is 2.09. The Bertz CT molecular complexity index is 694. The molecular formula is C17H15NO3. The number of amides is 1. The molecule has 0 saturated heterocycles. The van der Waals surface area contributed by atoms with E-state index in [0.29, 0.717) is 18.7 Å². The second-order valence-electron chi connectivity index (χ2n) is 4.68. The van der Waals surface area contributed by atoms with Crippen molar-refractivity contribution in [2.45, 2.75) is 6.42 Å². The average molecular weight is 281 g/mol. The molecule has 21 heavy (non-hydrogen) atoms. The third kappa shape index (κ3) is 2.74. The van der Waals surface area contributed by atoms with Crippen LogP contribution in [0.15, 0.2) is 55.1 Å². The van der Waals surface area contributed by atoms with Gasteiger partial charge in [0.2, 0.25) is 0 Å². The number of hydrogen-bond donors (Lipinski definition) is 1. The number of nitrogens with one attached hydrogen (secondary N) is 1. The van der Waals surface area contributed by atoms with Crippen LogP contribution in [0.3, 0.4) is 0 Å². The summed E-state index contributed by atoms with van der Waals surface area (Å²) < 4.78 is 11.2. The zero-order valence-electron chi connectivity index (χ0n) is 11.5. The number of carbonyl (C=O) groups excluding carboxylic acids is 1. The van der Waals surface area contributed by atoms with Crippen molar-refractivity contribution in [2.75, 3.05) is 6.54 Å². The Morgan fingerprint density at radius 2 is 2.05 bits per heavy atom. The summed E-state index contributed by atoms with van der Waals surface area (Å²) in [4.78, 5) is 11.7. The highest BCUT2D eigenvalue weighted by Gasteiger charge is 2.21. The molecule has 2 aromatic carbocycles. The normalized spacial score (nSPS) is 11.6. The molecule has 0 unspecified atom stereocenters. The highest BCUT2D eigenvalue weighted by atomic mass is 16.6. The van der Waals surface area contributed by atoms with E-state index in [1.54, 1.807) is 12.1 Å². The van der Waals surface area contributed by atoms with Gasteiger partial charge in [-0.2, -0.15) is 0 Å². The fraction of sp³-hybridized carbons (Fsp3) is 0.118. The van der Waals surface area contributed by atoms with Crippen LogP contribution in [0.25, 0.3) is 0 Å². The number of benzene rings is 2. The van der Waals surface area contributed by atoms with E-state index in [2.05, 4.69) is 11.9 Å². The van der Waals surface area contributed by atoms with Crippen LogP contribution in [0, 0.1) is 0 Å². The molecule has 0 atom stereocenters. The van der Waals surface area contributed by atoms with E-state index in [1.165, 1.54) is 0 Å². The molecule has 0 aromatic heterocycles. The fourth-order valence-corrected chi connectivity index (χ4v) is 2.26. The predicted octanol–water partition coefficient (Wildman–Crippen LogP) is 3.66. The van der Waals surface area contributed by atoms with Crippen molar-refractivity contribution in [3.8, 4) is 17.2 Å². The van der Waals surface area contributed by atoms with E-state index in [4.69, 9.17) is 9.47 Å². The lowest BCUT2D eigenvalue weighted by Gasteiger charge is -2.21. The Labute approximate surface area is 123 Å². The standard InChI is InChI=1S/C17H15NO3/c1-2-10-18-17(19)21-16-9-5-8-15-13(16)11-12-6-3-4-7-14(12)20-15/h2-9H,1,10-11H2,(H,18,19). The van der Waals surface area contributed by atoms with Gasteiger partial charge in [-0.15, -0.1) is 6.58 Å². The van der Waals surface area contributed by atoms with Gasteiger partial charge < -0.3 is 14.8 Å². The second kappa shape index (κ2) is 5.71. The van der Waals surface area contributed by atoms with Gasteiger partial charge in [-0.05, 0) is 23.8 Å². The topological polar surface area (TPSA) is 47.6 Å². The molecule has 1 aliphatic heterocycles. The van der Waals surface area contributed by atoms with E-state index in [-0.39, 0.29) is 0 Å². The zero-order valence-corrected chi connectivity index (χ0v) is 11.5. The Kier molecular flexibility index (Phi) is 3.60. The van der Waals surface area contributed by atoms with Gasteiger partial charge in [0.15, 0.2) is 0 Å². The molecule has 3 rings (SSSR count). The van der Waals surface area contributed by atoms with E-state index >= 15 is 0 Å². The second-order valence-corrected chi connectivity index (χ2v) is 4.68. The molecule has 0 aliphatic carbocycles. The van der Waals surface area contributed by atoms with Gasteiger partial charge in [-0.25, -0.2) is 4.79 Å². The van der Waals surface area contributed by atoms with Gasteiger partial charge in [0.05, 0.1) is 0 Å². The van der Waals surface area contributed by atoms with Crippen LogP contribution < -0.4 is 14.8 Å². The molecule has 0 radical (unpaired) electrons. The molecule has 4 nitrogen and oxygen atoms in total. The minimum Gasteiger partial charge on any atom is -0.457 e. The third-order valence-corrected chi connectivity index (χ3v) is 3.24. The first-order chi connectivity index (χ1) is 10.3. The maximum absolute atomic E-state index is 11.7. The number of fused-ring (bicyclic) bond motifs is 2. The molecule has 1 aliphatic rings. The Hall–Kier alpha value is -2.75. The number of hydrogen-bond acceptors (Lipinski definition) is 3. The summed E-state index contributed by atoms with van der Waals surface area (Å²) in [5, 5.41) is 2.59. The molecule has 1 heterocycles. The molecule has 106 valence electrons. The lowest BCUT2D eigenvalue weighted by Crippen LogP contribution is -2.27. The van der Waals surface area contributed by atoms with Gasteiger partial charge in [-0.1, -0.05) is 30.3 Å². The van der Waals surface area contributed by atoms with Crippen molar-refractivity contribution in [1.82, 2.24) is 5.32 Å². The van der Waals surface area contributed by atoms with Crippen LogP contribution in [-0.2, 0) is 6.42 Å². The molecule has 0 bridgehead atoms. The van der Waals surface area contributed by atoms with Crippen molar-refractivity contribution >= 4 is 6.09 Å². The first-order valence-electron chi connectivity index (χ1n) is 6.72. The molecule has 0 fully saturated rings. The van der Waals surface area contributed by atoms with Crippen molar-refractivity contribution in [3.05, 3.63) is 66.2 Å². The lowest BCUT2D eigenvalue weighted by molar-refractivity contribution is 0.201. The quantitative estimate of drug-likeness (QED) is 0.745. The Morgan fingerprint density at radius 3 is 2.90 bits per heavy atom. The number of para-hydroxylation sites is 1. The molecule has 4 heteroatoms. The fourth-order valence-electron chi connectivity index (χ4n) is 2.26. The van der Waals surface area contributed by atoms with Crippen LogP contribution in [0.1, 0.15) is 11.1 Å². The minimum atomic E-state index is -0.498. The Balaban J connectivity index is 1.86. The van der Waals surface area contributed by atoms with E-state index in [1.807, 2.05) is 36.4 Å². The van der Waals surface area contributed by atoms with Crippen LogP contribution >= 0.6 is 0 Å². The zero-order chi connectivity index (χ0) is 14.7. The van der Waals surface area contributed by atoms with Gasteiger partial charge in [-0.3, -0.25) is 0 Å². The SMILES string of the molecule is C=CCNC(=O)Oc1cccc2c1Cc1ccccc1O2. The highest BCUT2D eigenvalue weighted by Crippen LogP contribution is 2.40. The maximum atomic E-state index is 11.7. The van der Waals surface area contributed by atoms with Crippen molar-refractivity contribution in [1.29, 1.82) is 0 Å². The molecule has 2 aromatic rings. The van der Waals surface area contributed by atoms with Crippen LogP contribution in [0.5, 0.6) is 17.2 Å². The largest absolute Gasteiger partial charge is 0.457 e. The number of ether oxygens (including phenoxy) is 2. The highest BCUT2D eigenvalue weighted by molar-refractivity contribution is 5.72. The van der Waals surface area contributed by atoms with Gasteiger partial charge >= 0.3 is 6.09 Å². The summed E-state index contributed by atoms with van der Waals surface area (Å²) >= 11 is 0. The molecule has 0 spiro atoms. The molecule has 1 amide bonds. The van der Waals surface area contributed by atoms with Crippen molar-refractivity contribution in [3.63, 3.8) is 0 Å². The van der Waals surface area contributed by atoms with Crippen LogP contribution in [-0.4, -0.2) is 12.6 Å². The Morgan fingerprint density at radius 1 is 1.24 bits per heavy atom. The molecule has 0 saturated carbocycles. The van der Waals surface area contributed by atoms with Gasteiger partial charge in [0.1, 0.15) is 17.2 Å². The smallest absolute Gasteiger partial charge is 0.412 e. The van der Waals surface area contributed by atoms with E-state index in [0.717, 1.165) is 22.6 Å². The molecule has 1 N–H and O–H groups in total. The maximum Gasteiger partial charge on any atom is 0.412 e. The van der Waals surface area contributed by atoms with Crippen molar-refractivity contribution < 1.29 is 14.3 Å².